The Morgan fingerprint density at radius 3 is 2.48 bits per heavy atom. The summed E-state index contributed by atoms with van der Waals surface area (Å²) in [5.74, 6) is -0.310. The highest BCUT2D eigenvalue weighted by molar-refractivity contribution is 5.64. The largest absolute Gasteiger partial charge is 0.243 e. The van der Waals surface area contributed by atoms with Crippen molar-refractivity contribution in [3.8, 4) is 17.3 Å². The predicted molar refractivity (Wildman–Crippen MR) is 84.9 cm³/mol. The van der Waals surface area contributed by atoms with E-state index in [0.717, 1.165) is 18.4 Å². The van der Waals surface area contributed by atoms with Gasteiger partial charge in [0.25, 0.3) is 0 Å². The molecule has 0 unspecified atom stereocenters. The maximum atomic E-state index is 13.1. The van der Waals surface area contributed by atoms with Crippen molar-refractivity contribution in [1.29, 1.82) is 5.26 Å². The van der Waals surface area contributed by atoms with E-state index < -0.39 is 0 Å². The minimum Gasteiger partial charge on any atom is -0.243 e. The van der Waals surface area contributed by atoms with E-state index in [0.29, 0.717) is 12.2 Å². The number of benzene rings is 2. The first-order chi connectivity index (χ1) is 11.3. The molecule has 1 heterocycles. The van der Waals surface area contributed by atoms with Gasteiger partial charge >= 0.3 is 0 Å². The average molecular weight is 306 g/mol. The van der Waals surface area contributed by atoms with Gasteiger partial charge in [-0.15, -0.1) is 5.10 Å². The van der Waals surface area contributed by atoms with E-state index in [-0.39, 0.29) is 11.5 Å². The normalized spacial score (nSPS) is 10.4. The van der Waals surface area contributed by atoms with Gasteiger partial charge in [-0.1, -0.05) is 35.5 Å². The van der Waals surface area contributed by atoms with Crippen LogP contribution in [0.25, 0.3) is 11.3 Å². The molecule has 23 heavy (non-hydrogen) atoms. The van der Waals surface area contributed by atoms with Crippen LogP contribution in [0.4, 0.5) is 4.39 Å². The van der Waals surface area contributed by atoms with Crippen LogP contribution in [0.1, 0.15) is 17.7 Å². The van der Waals surface area contributed by atoms with Gasteiger partial charge in [-0.25, -0.2) is 9.07 Å². The molecule has 2 aromatic carbocycles. The second-order valence-electron chi connectivity index (χ2n) is 5.22. The maximum absolute atomic E-state index is 13.1. The molecule has 0 aliphatic carbocycles. The van der Waals surface area contributed by atoms with E-state index in [4.69, 9.17) is 0 Å². The predicted octanol–water partition coefficient (Wildman–Crippen LogP) is 3.59. The third kappa shape index (κ3) is 3.43. The zero-order valence-corrected chi connectivity index (χ0v) is 12.5. The first-order valence-corrected chi connectivity index (χ1v) is 7.41. The van der Waals surface area contributed by atoms with Crippen molar-refractivity contribution < 1.29 is 4.39 Å². The maximum Gasteiger partial charge on any atom is 0.190 e. The van der Waals surface area contributed by atoms with Gasteiger partial charge in [0.2, 0.25) is 0 Å². The van der Waals surface area contributed by atoms with Crippen LogP contribution in [0.5, 0.6) is 0 Å². The van der Waals surface area contributed by atoms with E-state index >= 15 is 0 Å². The number of nitriles is 1. The summed E-state index contributed by atoms with van der Waals surface area (Å²) < 4.78 is 14.8. The molecule has 0 radical (unpaired) electrons. The van der Waals surface area contributed by atoms with Crippen LogP contribution >= 0.6 is 0 Å². The molecule has 5 heteroatoms. The lowest BCUT2D eigenvalue weighted by Crippen LogP contribution is -2.04. The van der Waals surface area contributed by atoms with Gasteiger partial charge in [0.15, 0.2) is 5.69 Å². The van der Waals surface area contributed by atoms with Crippen LogP contribution < -0.4 is 0 Å². The zero-order chi connectivity index (χ0) is 16.1. The minimum absolute atomic E-state index is 0.260. The molecule has 0 fully saturated rings. The van der Waals surface area contributed by atoms with Crippen molar-refractivity contribution in [3.63, 3.8) is 0 Å². The third-order valence-corrected chi connectivity index (χ3v) is 3.64. The number of hydrogen-bond donors (Lipinski definition) is 0. The molecule has 0 amide bonds. The number of rotatable bonds is 5. The number of halogens is 1. The average Bonchev–Trinajstić information content (AvgIpc) is 2.99. The van der Waals surface area contributed by atoms with Gasteiger partial charge in [0.1, 0.15) is 17.6 Å². The molecular weight excluding hydrogens is 291 g/mol. The van der Waals surface area contributed by atoms with Crippen molar-refractivity contribution in [3.05, 3.63) is 71.7 Å². The highest BCUT2D eigenvalue weighted by Gasteiger charge is 2.14. The monoisotopic (exact) mass is 306 g/mol. The van der Waals surface area contributed by atoms with E-state index in [1.54, 1.807) is 16.8 Å². The van der Waals surface area contributed by atoms with Gasteiger partial charge in [-0.3, -0.25) is 0 Å². The SMILES string of the molecule is N#Cc1nnn(CCCc2ccccc2)c1-c1ccc(F)cc1. The molecule has 0 N–H and O–H groups in total. The van der Waals surface area contributed by atoms with Gasteiger partial charge in [-0.05, 0) is 42.7 Å². The summed E-state index contributed by atoms with van der Waals surface area (Å²) in [6, 6.07) is 18.3. The van der Waals surface area contributed by atoms with Crippen LogP contribution in [0, 0.1) is 17.1 Å². The summed E-state index contributed by atoms with van der Waals surface area (Å²) in [6.07, 6.45) is 1.80. The first-order valence-electron chi connectivity index (χ1n) is 7.41. The molecule has 4 nitrogen and oxygen atoms in total. The van der Waals surface area contributed by atoms with Crippen LogP contribution in [-0.2, 0) is 13.0 Å². The summed E-state index contributed by atoms with van der Waals surface area (Å²) in [7, 11) is 0. The zero-order valence-electron chi connectivity index (χ0n) is 12.5. The van der Waals surface area contributed by atoms with Crippen molar-refractivity contribution in [2.24, 2.45) is 0 Å². The molecule has 114 valence electrons. The van der Waals surface area contributed by atoms with E-state index in [1.165, 1.54) is 17.7 Å². The Kier molecular flexibility index (Phi) is 4.44. The molecule has 3 aromatic rings. The Morgan fingerprint density at radius 2 is 1.78 bits per heavy atom. The van der Waals surface area contributed by atoms with E-state index in [1.807, 2.05) is 24.3 Å². The summed E-state index contributed by atoms with van der Waals surface area (Å²) in [4.78, 5) is 0. The summed E-state index contributed by atoms with van der Waals surface area (Å²) in [5.41, 5.74) is 2.90. The Balaban J connectivity index is 1.79. The standard InChI is InChI=1S/C18H15FN4/c19-16-10-8-15(9-11-16)18-17(13-20)21-22-23(18)12-4-7-14-5-2-1-3-6-14/h1-3,5-6,8-11H,4,7,12H2. The smallest absolute Gasteiger partial charge is 0.190 e. The first kappa shape index (κ1) is 14.9. The Hall–Kier alpha value is -3.00. The quantitative estimate of drug-likeness (QED) is 0.724. The molecule has 0 bridgehead atoms. The van der Waals surface area contributed by atoms with Crippen LogP contribution in [0.2, 0.25) is 0 Å². The Labute approximate surface area is 133 Å². The lowest BCUT2D eigenvalue weighted by Gasteiger charge is -2.07. The van der Waals surface area contributed by atoms with Crippen molar-refractivity contribution in [2.75, 3.05) is 0 Å². The van der Waals surface area contributed by atoms with Gasteiger partial charge < -0.3 is 0 Å². The van der Waals surface area contributed by atoms with Crippen LogP contribution in [-0.4, -0.2) is 15.0 Å². The summed E-state index contributed by atoms with van der Waals surface area (Å²) >= 11 is 0. The number of aromatic nitrogens is 3. The van der Waals surface area contributed by atoms with Gasteiger partial charge in [0.05, 0.1) is 0 Å². The number of nitrogens with zero attached hydrogens (tertiary/aromatic N) is 4. The summed E-state index contributed by atoms with van der Waals surface area (Å²) in [6.45, 7) is 0.649. The fraction of sp³-hybridized carbons (Fsp3) is 0.167. The molecule has 0 saturated heterocycles. The lowest BCUT2D eigenvalue weighted by atomic mass is 10.1. The van der Waals surface area contributed by atoms with E-state index in [2.05, 4.69) is 22.4 Å². The van der Waals surface area contributed by atoms with Gasteiger partial charge in [0, 0.05) is 12.1 Å². The van der Waals surface area contributed by atoms with Crippen molar-refractivity contribution in [2.45, 2.75) is 19.4 Å². The second kappa shape index (κ2) is 6.84. The molecular formula is C18H15FN4. The lowest BCUT2D eigenvalue weighted by molar-refractivity contribution is 0.563. The molecule has 3 rings (SSSR count). The van der Waals surface area contributed by atoms with Crippen molar-refractivity contribution in [1.82, 2.24) is 15.0 Å². The minimum atomic E-state index is -0.310. The summed E-state index contributed by atoms with van der Waals surface area (Å²) in [5, 5.41) is 17.2. The Morgan fingerprint density at radius 1 is 1.04 bits per heavy atom. The molecule has 1 aromatic heterocycles. The molecule has 0 aliphatic rings. The molecule has 0 saturated carbocycles. The van der Waals surface area contributed by atoms with Crippen LogP contribution in [0.3, 0.4) is 0 Å². The fourth-order valence-electron chi connectivity index (χ4n) is 2.52. The van der Waals surface area contributed by atoms with E-state index in [9.17, 15) is 9.65 Å². The van der Waals surface area contributed by atoms with Gasteiger partial charge in [-0.2, -0.15) is 5.26 Å². The third-order valence-electron chi connectivity index (χ3n) is 3.64. The molecule has 0 aliphatic heterocycles. The highest BCUT2D eigenvalue weighted by atomic mass is 19.1. The van der Waals surface area contributed by atoms with Crippen molar-refractivity contribution >= 4 is 0 Å². The second-order valence-corrected chi connectivity index (χ2v) is 5.22. The fourth-order valence-corrected chi connectivity index (χ4v) is 2.52. The highest BCUT2D eigenvalue weighted by Crippen LogP contribution is 2.22. The van der Waals surface area contributed by atoms with Crippen LogP contribution in [0.15, 0.2) is 54.6 Å². The number of aryl methyl sites for hydroxylation is 2. The molecule has 0 atom stereocenters. The number of hydrogen-bond acceptors (Lipinski definition) is 3. The molecule has 0 spiro atoms. The topological polar surface area (TPSA) is 54.5 Å². The Bertz CT molecular complexity index is 816.